The van der Waals surface area contributed by atoms with Gasteiger partial charge in [-0.2, -0.15) is 0 Å². The van der Waals surface area contributed by atoms with Gasteiger partial charge in [0.2, 0.25) is 0 Å². The Hall–Kier alpha value is -1.52. The molecule has 1 atom stereocenters. The smallest absolute Gasteiger partial charge is 0.253 e. The van der Waals surface area contributed by atoms with E-state index in [2.05, 4.69) is 12.2 Å². The zero-order chi connectivity index (χ0) is 13.2. The van der Waals surface area contributed by atoms with Crippen LogP contribution in [0.1, 0.15) is 12.5 Å². The highest BCUT2D eigenvalue weighted by Gasteiger charge is 2.27. The molecule has 108 valence electrons. The molecule has 0 radical (unpaired) electrons. The van der Waals surface area contributed by atoms with E-state index in [0.29, 0.717) is 6.61 Å². The number of fused-ring (bicyclic) bond motifs is 1. The van der Waals surface area contributed by atoms with E-state index in [9.17, 15) is 4.79 Å². The minimum absolute atomic E-state index is 0. The summed E-state index contributed by atoms with van der Waals surface area (Å²) in [6.07, 6.45) is 1.95. The van der Waals surface area contributed by atoms with Gasteiger partial charge in [-0.05, 0) is 19.1 Å². The molecule has 2 heterocycles. The molecule has 4 nitrogen and oxygen atoms in total. The lowest BCUT2D eigenvalue weighted by Gasteiger charge is -2.35. The van der Waals surface area contributed by atoms with Gasteiger partial charge in [0, 0.05) is 31.2 Å². The molecule has 0 unspecified atom stereocenters. The third-order valence-electron chi connectivity index (χ3n) is 3.67. The van der Waals surface area contributed by atoms with E-state index in [0.717, 1.165) is 36.5 Å². The van der Waals surface area contributed by atoms with E-state index in [1.54, 1.807) is 0 Å². The Kier molecular flexibility index (Phi) is 4.68. The van der Waals surface area contributed by atoms with Crippen LogP contribution in [0.3, 0.4) is 0 Å². The first-order valence-corrected chi connectivity index (χ1v) is 6.70. The quantitative estimate of drug-likeness (QED) is 0.857. The van der Waals surface area contributed by atoms with Gasteiger partial charge in [0.15, 0.2) is 0 Å². The first-order valence-electron chi connectivity index (χ1n) is 6.70. The van der Waals surface area contributed by atoms with Crippen molar-refractivity contribution in [2.24, 2.45) is 0 Å². The molecule has 2 aliphatic heterocycles. The number of piperazine rings is 1. The third-order valence-corrected chi connectivity index (χ3v) is 3.67. The van der Waals surface area contributed by atoms with Crippen molar-refractivity contribution in [3.05, 3.63) is 35.4 Å². The molecule has 0 bridgehead atoms. The van der Waals surface area contributed by atoms with Crippen LogP contribution in [0.2, 0.25) is 0 Å². The molecule has 1 N–H and O–H groups in total. The van der Waals surface area contributed by atoms with Gasteiger partial charge in [-0.3, -0.25) is 4.79 Å². The topological polar surface area (TPSA) is 41.6 Å². The second-order valence-electron chi connectivity index (χ2n) is 5.05. The second-order valence-corrected chi connectivity index (χ2v) is 5.05. The largest absolute Gasteiger partial charge is 0.488 e. The lowest BCUT2D eigenvalue weighted by atomic mass is 10.1. The molecule has 0 spiro atoms. The number of benzene rings is 1. The van der Waals surface area contributed by atoms with Crippen molar-refractivity contribution in [2.45, 2.75) is 13.0 Å². The van der Waals surface area contributed by atoms with Gasteiger partial charge in [-0.25, -0.2) is 0 Å². The number of para-hydroxylation sites is 1. The van der Waals surface area contributed by atoms with Gasteiger partial charge >= 0.3 is 0 Å². The van der Waals surface area contributed by atoms with E-state index in [1.807, 2.05) is 35.2 Å². The summed E-state index contributed by atoms with van der Waals surface area (Å²) >= 11 is 0. The Balaban J connectivity index is 0.00000147. The average molecular weight is 295 g/mol. The first-order chi connectivity index (χ1) is 9.25. The van der Waals surface area contributed by atoms with Crippen molar-refractivity contribution in [3.8, 4) is 5.75 Å². The number of rotatable bonds is 1. The molecule has 3 rings (SSSR count). The minimum atomic E-state index is 0. The van der Waals surface area contributed by atoms with Crippen molar-refractivity contribution < 1.29 is 9.53 Å². The van der Waals surface area contributed by atoms with Gasteiger partial charge in [0.05, 0.1) is 5.57 Å². The maximum Gasteiger partial charge on any atom is 0.253 e. The zero-order valence-electron chi connectivity index (χ0n) is 11.5. The fourth-order valence-electron chi connectivity index (χ4n) is 2.57. The van der Waals surface area contributed by atoms with Gasteiger partial charge in [-0.1, -0.05) is 18.2 Å². The standard InChI is InChI=1S/C15H18N2O2.ClH/c1-11-9-16-6-7-17(11)15(18)13-8-12-4-2-3-5-14(12)19-10-13;/h2-5,8,11,16H,6-7,9-10H2,1H3;1H/t11-;/m0./s1. The number of hydrogen-bond acceptors (Lipinski definition) is 3. The van der Waals surface area contributed by atoms with Crippen LogP contribution < -0.4 is 10.1 Å². The Morgan fingerprint density at radius 1 is 1.40 bits per heavy atom. The SMILES string of the molecule is C[C@H]1CNCCN1C(=O)C1=Cc2ccccc2OC1.Cl. The summed E-state index contributed by atoms with van der Waals surface area (Å²) in [6, 6.07) is 8.04. The Labute approximate surface area is 125 Å². The number of amides is 1. The average Bonchev–Trinajstić information content (AvgIpc) is 2.46. The fraction of sp³-hybridized carbons (Fsp3) is 0.400. The van der Waals surface area contributed by atoms with Crippen LogP contribution in [0.4, 0.5) is 0 Å². The van der Waals surface area contributed by atoms with Crippen molar-refractivity contribution in [1.29, 1.82) is 0 Å². The molecule has 0 aliphatic carbocycles. The Morgan fingerprint density at radius 3 is 3.00 bits per heavy atom. The zero-order valence-corrected chi connectivity index (χ0v) is 12.3. The molecule has 0 aromatic heterocycles. The Morgan fingerprint density at radius 2 is 2.20 bits per heavy atom. The van der Waals surface area contributed by atoms with Crippen molar-refractivity contribution in [2.75, 3.05) is 26.2 Å². The number of nitrogens with one attached hydrogen (secondary N) is 1. The number of nitrogens with zero attached hydrogens (tertiary/aromatic N) is 1. The molecule has 1 fully saturated rings. The number of carbonyl (C=O) groups excluding carboxylic acids is 1. The summed E-state index contributed by atoms with van der Waals surface area (Å²) in [4.78, 5) is 14.5. The monoisotopic (exact) mass is 294 g/mol. The van der Waals surface area contributed by atoms with Gasteiger partial charge in [0.1, 0.15) is 12.4 Å². The molecule has 5 heteroatoms. The van der Waals surface area contributed by atoms with Crippen LogP contribution >= 0.6 is 12.4 Å². The summed E-state index contributed by atoms with van der Waals surface area (Å²) in [6.45, 7) is 4.92. The van der Waals surface area contributed by atoms with Gasteiger partial charge < -0.3 is 15.0 Å². The van der Waals surface area contributed by atoms with Crippen LogP contribution in [-0.4, -0.2) is 43.1 Å². The van der Waals surface area contributed by atoms with Gasteiger partial charge in [0.25, 0.3) is 5.91 Å². The highest BCUT2D eigenvalue weighted by atomic mass is 35.5. The maximum absolute atomic E-state index is 12.5. The highest BCUT2D eigenvalue weighted by molar-refractivity contribution is 5.99. The minimum Gasteiger partial charge on any atom is -0.488 e. The van der Waals surface area contributed by atoms with Crippen LogP contribution in [0.15, 0.2) is 29.8 Å². The molecule has 20 heavy (non-hydrogen) atoms. The molecule has 1 amide bonds. The fourth-order valence-corrected chi connectivity index (χ4v) is 2.57. The summed E-state index contributed by atoms with van der Waals surface area (Å²) in [5, 5.41) is 3.29. The summed E-state index contributed by atoms with van der Waals surface area (Å²) < 4.78 is 5.65. The van der Waals surface area contributed by atoms with E-state index in [4.69, 9.17) is 4.74 Å². The van der Waals surface area contributed by atoms with Crippen molar-refractivity contribution in [3.63, 3.8) is 0 Å². The molecule has 1 saturated heterocycles. The summed E-state index contributed by atoms with van der Waals surface area (Å²) in [5.74, 6) is 0.955. The second kappa shape index (κ2) is 6.29. The Bertz CT molecular complexity index is 530. The number of carbonyl (C=O) groups is 1. The third kappa shape index (κ3) is 2.81. The van der Waals surface area contributed by atoms with E-state index in [-0.39, 0.29) is 24.4 Å². The lowest BCUT2D eigenvalue weighted by molar-refractivity contribution is -0.130. The maximum atomic E-state index is 12.5. The van der Waals surface area contributed by atoms with Crippen LogP contribution in [0, 0.1) is 0 Å². The predicted molar refractivity (Wildman–Crippen MR) is 81.2 cm³/mol. The van der Waals surface area contributed by atoms with Crippen LogP contribution in [0.25, 0.3) is 6.08 Å². The van der Waals surface area contributed by atoms with E-state index >= 15 is 0 Å². The predicted octanol–water partition coefficient (Wildman–Crippen LogP) is 1.70. The molecular weight excluding hydrogens is 276 g/mol. The van der Waals surface area contributed by atoms with E-state index < -0.39 is 0 Å². The summed E-state index contributed by atoms with van der Waals surface area (Å²) in [5.41, 5.74) is 1.73. The number of ether oxygens (including phenoxy) is 1. The van der Waals surface area contributed by atoms with Crippen LogP contribution in [0.5, 0.6) is 5.75 Å². The van der Waals surface area contributed by atoms with Crippen molar-refractivity contribution >= 4 is 24.4 Å². The number of hydrogen-bond donors (Lipinski definition) is 1. The molecule has 1 aromatic carbocycles. The highest BCUT2D eigenvalue weighted by Crippen LogP contribution is 2.26. The normalized spacial score (nSPS) is 21.1. The van der Waals surface area contributed by atoms with Gasteiger partial charge in [-0.15, -0.1) is 12.4 Å². The molecular formula is C15H19ClN2O2. The molecule has 2 aliphatic rings. The summed E-state index contributed by atoms with van der Waals surface area (Å²) in [7, 11) is 0. The molecule has 0 saturated carbocycles. The number of halogens is 1. The van der Waals surface area contributed by atoms with Crippen LogP contribution in [-0.2, 0) is 4.79 Å². The first kappa shape index (κ1) is 14.9. The lowest BCUT2D eigenvalue weighted by Crippen LogP contribution is -2.53. The van der Waals surface area contributed by atoms with Crippen molar-refractivity contribution in [1.82, 2.24) is 10.2 Å². The van der Waals surface area contributed by atoms with E-state index in [1.165, 1.54) is 0 Å². The molecule has 1 aromatic rings.